The first-order valence-corrected chi connectivity index (χ1v) is 4.47. The van der Waals surface area contributed by atoms with Gasteiger partial charge in [0.15, 0.2) is 5.82 Å². The highest BCUT2D eigenvalue weighted by Crippen LogP contribution is 2.00. The van der Waals surface area contributed by atoms with Gasteiger partial charge in [0.2, 0.25) is 5.95 Å². The summed E-state index contributed by atoms with van der Waals surface area (Å²) in [5, 5.41) is 12.3. The van der Waals surface area contributed by atoms with Gasteiger partial charge in [-0.3, -0.25) is 10.6 Å². The van der Waals surface area contributed by atoms with E-state index >= 15 is 0 Å². The number of urea groups is 1. The van der Waals surface area contributed by atoms with Gasteiger partial charge in [-0.25, -0.2) is 14.8 Å². The number of nitrogens with one attached hydrogen (secondary N) is 2. The van der Waals surface area contributed by atoms with E-state index in [2.05, 4.69) is 30.8 Å². The standard InChI is InChI=1S/C9H8N6O/c16-9(13-7-3-1-6-12-15-7)14-8-10-4-2-5-11-8/h1-6H,(H2,10,11,13,14,15,16). The van der Waals surface area contributed by atoms with E-state index in [9.17, 15) is 4.79 Å². The molecule has 2 amide bonds. The van der Waals surface area contributed by atoms with E-state index < -0.39 is 6.03 Å². The van der Waals surface area contributed by atoms with Crippen LogP contribution in [0, 0.1) is 0 Å². The van der Waals surface area contributed by atoms with Gasteiger partial charge in [-0.1, -0.05) is 0 Å². The molecule has 0 aromatic carbocycles. The second-order valence-electron chi connectivity index (χ2n) is 2.76. The Balaban J connectivity index is 1.95. The summed E-state index contributed by atoms with van der Waals surface area (Å²) in [5.41, 5.74) is 0. The molecule has 0 atom stereocenters. The average molecular weight is 216 g/mol. The first-order chi connectivity index (χ1) is 7.84. The van der Waals surface area contributed by atoms with Gasteiger partial charge in [0, 0.05) is 18.6 Å². The van der Waals surface area contributed by atoms with Crippen LogP contribution in [0.5, 0.6) is 0 Å². The number of hydrogen-bond acceptors (Lipinski definition) is 5. The predicted octanol–water partition coefficient (Wildman–Crippen LogP) is 0.911. The Morgan fingerprint density at radius 3 is 2.56 bits per heavy atom. The van der Waals surface area contributed by atoms with Crippen LogP contribution in [0.1, 0.15) is 0 Å². The second kappa shape index (κ2) is 4.78. The average Bonchev–Trinajstić information content (AvgIpc) is 2.31. The van der Waals surface area contributed by atoms with Crippen LogP contribution in [0.2, 0.25) is 0 Å². The summed E-state index contributed by atoms with van der Waals surface area (Å²) in [5.74, 6) is 0.583. The molecule has 0 saturated heterocycles. The number of rotatable bonds is 2. The van der Waals surface area contributed by atoms with Gasteiger partial charge in [0.1, 0.15) is 0 Å². The Kier molecular flexibility index (Phi) is 2.98. The molecule has 7 heteroatoms. The number of carbonyl (C=O) groups is 1. The summed E-state index contributed by atoms with van der Waals surface area (Å²) in [4.78, 5) is 19.1. The molecule has 0 unspecified atom stereocenters. The minimum absolute atomic E-state index is 0.226. The lowest BCUT2D eigenvalue weighted by atomic mass is 10.5. The van der Waals surface area contributed by atoms with Crippen LogP contribution in [0.4, 0.5) is 16.6 Å². The fraction of sp³-hybridized carbons (Fsp3) is 0. The van der Waals surface area contributed by atoms with Crippen molar-refractivity contribution in [2.24, 2.45) is 0 Å². The van der Waals surface area contributed by atoms with Crippen molar-refractivity contribution in [1.82, 2.24) is 20.2 Å². The maximum Gasteiger partial charge on any atom is 0.327 e. The molecule has 2 N–H and O–H groups in total. The fourth-order valence-corrected chi connectivity index (χ4v) is 0.981. The zero-order chi connectivity index (χ0) is 11.2. The van der Waals surface area contributed by atoms with Crippen molar-refractivity contribution < 1.29 is 4.79 Å². The highest BCUT2D eigenvalue weighted by atomic mass is 16.2. The maximum atomic E-state index is 11.4. The second-order valence-corrected chi connectivity index (χ2v) is 2.76. The number of aromatic nitrogens is 4. The largest absolute Gasteiger partial charge is 0.327 e. The van der Waals surface area contributed by atoms with Crippen LogP contribution in [-0.2, 0) is 0 Å². The molecule has 7 nitrogen and oxygen atoms in total. The summed E-state index contributed by atoms with van der Waals surface area (Å²) in [6.45, 7) is 0. The minimum Gasteiger partial charge on any atom is -0.290 e. The molecule has 0 saturated carbocycles. The summed E-state index contributed by atoms with van der Waals surface area (Å²) in [6, 6.07) is 4.48. The molecule has 0 aliphatic carbocycles. The van der Waals surface area contributed by atoms with Crippen molar-refractivity contribution in [2.45, 2.75) is 0 Å². The molecule has 2 aromatic rings. The monoisotopic (exact) mass is 216 g/mol. The third-order valence-corrected chi connectivity index (χ3v) is 1.61. The van der Waals surface area contributed by atoms with Crippen LogP contribution in [0.3, 0.4) is 0 Å². The SMILES string of the molecule is O=C(Nc1cccnn1)Nc1ncccn1. The molecule has 2 aromatic heterocycles. The highest BCUT2D eigenvalue weighted by Gasteiger charge is 2.03. The van der Waals surface area contributed by atoms with Gasteiger partial charge in [0.05, 0.1) is 0 Å². The highest BCUT2D eigenvalue weighted by molar-refractivity contribution is 5.97. The molecule has 0 aliphatic heterocycles. The van der Waals surface area contributed by atoms with Crippen molar-refractivity contribution in [3.63, 3.8) is 0 Å². The first-order valence-electron chi connectivity index (χ1n) is 4.47. The Hall–Kier alpha value is -2.57. The molecule has 16 heavy (non-hydrogen) atoms. The Morgan fingerprint density at radius 1 is 1.06 bits per heavy atom. The zero-order valence-electron chi connectivity index (χ0n) is 8.16. The van der Waals surface area contributed by atoms with Crippen LogP contribution in [0.25, 0.3) is 0 Å². The van der Waals surface area contributed by atoms with Crippen molar-refractivity contribution >= 4 is 17.8 Å². The number of hydrogen-bond donors (Lipinski definition) is 2. The van der Waals surface area contributed by atoms with Crippen LogP contribution in [0.15, 0.2) is 36.8 Å². The lowest BCUT2D eigenvalue weighted by Crippen LogP contribution is -2.21. The smallest absolute Gasteiger partial charge is 0.290 e. The third kappa shape index (κ3) is 2.71. The predicted molar refractivity (Wildman–Crippen MR) is 56.7 cm³/mol. The first kappa shape index (κ1) is 9.97. The fourth-order valence-electron chi connectivity index (χ4n) is 0.981. The summed E-state index contributed by atoms with van der Waals surface area (Å²) in [7, 11) is 0. The van der Waals surface area contributed by atoms with E-state index in [-0.39, 0.29) is 5.95 Å². The molecule has 0 spiro atoms. The maximum absolute atomic E-state index is 11.4. The van der Waals surface area contributed by atoms with Crippen molar-refractivity contribution in [2.75, 3.05) is 10.6 Å². The van der Waals surface area contributed by atoms with Gasteiger partial charge in [-0.2, -0.15) is 5.10 Å². The van der Waals surface area contributed by atoms with E-state index in [0.29, 0.717) is 5.82 Å². The van der Waals surface area contributed by atoms with Crippen LogP contribution in [-0.4, -0.2) is 26.2 Å². The van der Waals surface area contributed by atoms with Crippen molar-refractivity contribution in [3.8, 4) is 0 Å². The summed E-state index contributed by atoms with van der Waals surface area (Å²) >= 11 is 0. The number of nitrogens with zero attached hydrogens (tertiary/aromatic N) is 4. The molecule has 2 heterocycles. The van der Waals surface area contributed by atoms with Gasteiger partial charge in [0.25, 0.3) is 0 Å². The van der Waals surface area contributed by atoms with Gasteiger partial charge < -0.3 is 0 Å². The van der Waals surface area contributed by atoms with E-state index in [0.717, 1.165) is 0 Å². The quantitative estimate of drug-likeness (QED) is 0.778. The normalized spacial score (nSPS) is 9.50. The number of anilines is 2. The van der Waals surface area contributed by atoms with Gasteiger partial charge >= 0.3 is 6.03 Å². The van der Waals surface area contributed by atoms with Crippen LogP contribution >= 0.6 is 0 Å². The van der Waals surface area contributed by atoms with Crippen LogP contribution < -0.4 is 10.6 Å². The Labute approximate surface area is 91.0 Å². The molecule has 0 radical (unpaired) electrons. The number of amides is 2. The van der Waals surface area contributed by atoms with Gasteiger partial charge in [-0.05, 0) is 18.2 Å². The number of carbonyl (C=O) groups excluding carboxylic acids is 1. The van der Waals surface area contributed by atoms with E-state index in [1.165, 1.54) is 18.6 Å². The van der Waals surface area contributed by atoms with E-state index in [1.54, 1.807) is 18.2 Å². The third-order valence-electron chi connectivity index (χ3n) is 1.61. The summed E-state index contributed by atoms with van der Waals surface area (Å²) < 4.78 is 0. The van der Waals surface area contributed by atoms with E-state index in [4.69, 9.17) is 0 Å². The molecule has 0 bridgehead atoms. The van der Waals surface area contributed by atoms with Crippen molar-refractivity contribution in [3.05, 3.63) is 36.8 Å². The van der Waals surface area contributed by atoms with Gasteiger partial charge in [-0.15, -0.1) is 5.10 Å². The lowest BCUT2D eigenvalue weighted by molar-refractivity contribution is 0.262. The zero-order valence-corrected chi connectivity index (χ0v) is 8.16. The topological polar surface area (TPSA) is 92.7 Å². The molecule has 0 aliphatic rings. The molecular formula is C9H8N6O. The Bertz CT molecular complexity index is 416. The minimum atomic E-state index is -0.466. The summed E-state index contributed by atoms with van der Waals surface area (Å²) in [6.07, 6.45) is 4.58. The molecule has 0 fully saturated rings. The molecule has 80 valence electrons. The molecular weight excluding hydrogens is 208 g/mol. The molecule has 2 rings (SSSR count). The lowest BCUT2D eigenvalue weighted by Gasteiger charge is -2.03. The van der Waals surface area contributed by atoms with Crippen molar-refractivity contribution in [1.29, 1.82) is 0 Å². The Morgan fingerprint density at radius 2 is 1.88 bits per heavy atom. The van der Waals surface area contributed by atoms with E-state index in [1.807, 2.05) is 0 Å².